The number of hydrogen-bond acceptors (Lipinski definition) is 3. The normalized spacial score (nSPS) is 11.3. The van der Waals surface area contributed by atoms with Crippen molar-refractivity contribution in [2.24, 2.45) is 5.41 Å². The van der Waals surface area contributed by atoms with Crippen molar-refractivity contribution >= 4 is 11.7 Å². The number of hydrogen-bond donors (Lipinski definition) is 1. The molecule has 0 spiro atoms. The Morgan fingerprint density at radius 3 is 2.45 bits per heavy atom. The molecule has 0 aliphatic carbocycles. The summed E-state index contributed by atoms with van der Waals surface area (Å²) in [7, 11) is 1.85. The number of amides is 1. The molecule has 0 saturated carbocycles. The quantitative estimate of drug-likeness (QED) is 0.899. The van der Waals surface area contributed by atoms with Crippen molar-refractivity contribution in [2.45, 2.75) is 41.0 Å². The fraction of sp³-hybridized carbons (Fsp3) is 0.625. The van der Waals surface area contributed by atoms with Gasteiger partial charge in [-0.05, 0) is 30.9 Å². The number of carbonyl (C=O) groups excluding carboxylic acids is 1. The van der Waals surface area contributed by atoms with E-state index in [0.29, 0.717) is 5.56 Å². The minimum atomic E-state index is 0.0520. The van der Waals surface area contributed by atoms with Gasteiger partial charge < -0.3 is 10.2 Å². The third kappa shape index (κ3) is 4.83. The van der Waals surface area contributed by atoms with Crippen LogP contribution in [0.5, 0.6) is 0 Å². The summed E-state index contributed by atoms with van der Waals surface area (Å²) in [4.78, 5) is 18.8. The summed E-state index contributed by atoms with van der Waals surface area (Å²) in [6, 6.07) is 3.73. The molecule has 112 valence electrons. The summed E-state index contributed by atoms with van der Waals surface area (Å²) in [5, 5.41) is 3.18. The van der Waals surface area contributed by atoms with Gasteiger partial charge in [0.25, 0.3) is 5.91 Å². The zero-order valence-corrected chi connectivity index (χ0v) is 13.6. The van der Waals surface area contributed by atoms with Crippen LogP contribution in [0.2, 0.25) is 0 Å². The number of rotatable bonds is 5. The summed E-state index contributed by atoms with van der Waals surface area (Å²) in [5.41, 5.74) is 1.74. The first kappa shape index (κ1) is 16.5. The van der Waals surface area contributed by atoms with Crippen molar-refractivity contribution < 1.29 is 4.79 Å². The molecule has 1 aromatic rings. The maximum absolute atomic E-state index is 12.5. The lowest BCUT2D eigenvalue weighted by Gasteiger charge is -2.26. The first-order chi connectivity index (χ1) is 9.26. The lowest BCUT2D eigenvalue weighted by atomic mass is 9.96. The average Bonchev–Trinajstić information content (AvgIpc) is 2.35. The highest BCUT2D eigenvalue weighted by atomic mass is 16.2. The van der Waals surface area contributed by atoms with E-state index in [1.165, 1.54) is 0 Å². The summed E-state index contributed by atoms with van der Waals surface area (Å²) < 4.78 is 0. The van der Waals surface area contributed by atoms with Gasteiger partial charge in [0.15, 0.2) is 0 Å². The van der Waals surface area contributed by atoms with Crippen LogP contribution in [-0.4, -0.2) is 35.9 Å². The number of anilines is 1. The van der Waals surface area contributed by atoms with Gasteiger partial charge in [-0.2, -0.15) is 0 Å². The van der Waals surface area contributed by atoms with Crippen molar-refractivity contribution in [1.82, 2.24) is 9.88 Å². The highest BCUT2D eigenvalue weighted by Gasteiger charge is 2.19. The van der Waals surface area contributed by atoms with E-state index in [0.717, 1.165) is 31.0 Å². The fourth-order valence-corrected chi connectivity index (χ4v) is 2.17. The number of nitrogens with zero attached hydrogens (tertiary/aromatic N) is 2. The molecular formula is C16H27N3O. The molecule has 0 radical (unpaired) electrons. The Kier molecular flexibility index (Phi) is 5.54. The second-order valence-electron chi connectivity index (χ2n) is 6.34. The van der Waals surface area contributed by atoms with Gasteiger partial charge in [-0.25, -0.2) is 4.98 Å². The summed E-state index contributed by atoms with van der Waals surface area (Å²) in [6.45, 7) is 12.0. The fourth-order valence-electron chi connectivity index (χ4n) is 2.17. The minimum Gasteiger partial charge on any atom is -0.370 e. The van der Waals surface area contributed by atoms with E-state index >= 15 is 0 Å². The Labute approximate surface area is 122 Å². The van der Waals surface area contributed by atoms with E-state index < -0.39 is 0 Å². The molecule has 1 aromatic heterocycles. The highest BCUT2D eigenvalue weighted by Crippen LogP contribution is 2.18. The van der Waals surface area contributed by atoms with E-state index in [-0.39, 0.29) is 11.3 Å². The Balaban J connectivity index is 2.99. The largest absolute Gasteiger partial charge is 0.370 e. The summed E-state index contributed by atoms with van der Waals surface area (Å²) in [5.74, 6) is 0.829. The highest BCUT2D eigenvalue weighted by molar-refractivity contribution is 5.94. The van der Waals surface area contributed by atoms with E-state index in [2.05, 4.69) is 31.1 Å². The van der Waals surface area contributed by atoms with Crippen LogP contribution in [0.3, 0.4) is 0 Å². The molecule has 0 atom stereocenters. The van der Waals surface area contributed by atoms with Gasteiger partial charge in [-0.15, -0.1) is 0 Å². The zero-order valence-electron chi connectivity index (χ0n) is 13.6. The van der Waals surface area contributed by atoms with Crippen molar-refractivity contribution in [3.63, 3.8) is 0 Å². The van der Waals surface area contributed by atoms with Gasteiger partial charge in [-0.1, -0.05) is 27.7 Å². The van der Waals surface area contributed by atoms with Crippen molar-refractivity contribution in [3.05, 3.63) is 23.4 Å². The molecule has 1 amide bonds. The van der Waals surface area contributed by atoms with E-state index in [4.69, 9.17) is 0 Å². The zero-order chi connectivity index (χ0) is 15.3. The molecule has 4 heteroatoms. The number of aryl methyl sites for hydroxylation is 1. The van der Waals surface area contributed by atoms with E-state index in [1.54, 1.807) is 4.90 Å². The molecule has 1 heterocycles. The smallest absolute Gasteiger partial charge is 0.253 e. The van der Waals surface area contributed by atoms with Crippen LogP contribution in [-0.2, 0) is 6.42 Å². The molecule has 0 fully saturated rings. The van der Waals surface area contributed by atoms with Gasteiger partial charge in [0, 0.05) is 31.4 Å². The van der Waals surface area contributed by atoms with Gasteiger partial charge in [-0.3, -0.25) is 4.79 Å². The Hall–Kier alpha value is -1.58. The van der Waals surface area contributed by atoms with Crippen molar-refractivity contribution in [3.8, 4) is 0 Å². The van der Waals surface area contributed by atoms with Crippen LogP contribution < -0.4 is 5.32 Å². The first-order valence-corrected chi connectivity index (χ1v) is 7.27. The van der Waals surface area contributed by atoms with Crippen LogP contribution in [0.4, 0.5) is 5.82 Å². The predicted molar refractivity (Wildman–Crippen MR) is 84.2 cm³/mol. The van der Waals surface area contributed by atoms with Crippen LogP contribution >= 0.6 is 0 Å². The number of aromatic nitrogens is 1. The summed E-state index contributed by atoms with van der Waals surface area (Å²) in [6.07, 6.45) is 0.822. The van der Waals surface area contributed by atoms with Gasteiger partial charge >= 0.3 is 0 Å². The second kappa shape index (κ2) is 6.73. The lowest BCUT2D eigenvalue weighted by molar-refractivity contribution is 0.0745. The van der Waals surface area contributed by atoms with Crippen LogP contribution in [0, 0.1) is 5.41 Å². The molecule has 0 unspecified atom stereocenters. The van der Waals surface area contributed by atoms with Crippen LogP contribution in [0.15, 0.2) is 12.1 Å². The molecule has 20 heavy (non-hydrogen) atoms. The van der Waals surface area contributed by atoms with E-state index in [9.17, 15) is 4.79 Å². The van der Waals surface area contributed by atoms with Gasteiger partial charge in [0.1, 0.15) is 5.82 Å². The third-order valence-electron chi connectivity index (χ3n) is 2.90. The maximum atomic E-state index is 12.5. The second-order valence-corrected chi connectivity index (χ2v) is 6.34. The number of nitrogens with one attached hydrogen (secondary N) is 1. The average molecular weight is 277 g/mol. The SMILES string of the molecule is CCNc1cc(C(=O)N(C)CC(C)(C)C)cc(CC)n1. The molecular weight excluding hydrogens is 250 g/mol. The van der Waals surface area contributed by atoms with Crippen LogP contribution in [0.1, 0.15) is 50.7 Å². The predicted octanol–water partition coefficient (Wildman–Crippen LogP) is 3.19. The molecule has 1 N–H and O–H groups in total. The Bertz CT molecular complexity index is 463. The molecule has 0 bridgehead atoms. The Morgan fingerprint density at radius 2 is 1.95 bits per heavy atom. The van der Waals surface area contributed by atoms with Gasteiger partial charge in [0.05, 0.1) is 0 Å². The van der Waals surface area contributed by atoms with E-state index in [1.807, 2.05) is 33.0 Å². The summed E-state index contributed by atoms with van der Waals surface area (Å²) >= 11 is 0. The van der Waals surface area contributed by atoms with Crippen molar-refractivity contribution in [2.75, 3.05) is 25.5 Å². The molecule has 1 rings (SSSR count). The van der Waals surface area contributed by atoms with Crippen LogP contribution in [0.25, 0.3) is 0 Å². The number of pyridine rings is 1. The molecule has 4 nitrogen and oxygen atoms in total. The Morgan fingerprint density at radius 1 is 1.30 bits per heavy atom. The van der Waals surface area contributed by atoms with Gasteiger partial charge in [0.2, 0.25) is 0 Å². The molecule has 0 aliphatic heterocycles. The lowest BCUT2D eigenvalue weighted by Crippen LogP contribution is -2.34. The standard InChI is InChI=1S/C16H27N3O/c1-7-13-9-12(10-14(18-13)17-8-2)15(20)19(6)11-16(3,4)5/h9-10H,7-8,11H2,1-6H3,(H,17,18). The molecule has 0 aromatic carbocycles. The minimum absolute atomic E-state index is 0.0520. The van der Waals surface area contributed by atoms with Crippen molar-refractivity contribution in [1.29, 1.82) is 0 Å². The first-order valence-electron chi connectivity index (χ1n) is 7.27. The third-order valence-corrected chi connectivity index (χ3v) is 2.90. The molecule has 0 aliphatic rings. The molecule has 0 saturated heterocycles. The number of carbonyl (C=O) groups is 1. The maximum Gasteiger partial charge on any atom is 0.253 e. The monoisotopic (exact) mass is 277 g/mol. The topological polar surface area (TPSA) is 45.2 Å².